The van der Waals surface area contributed by atoms with E-state index in [1.165, 1.54) is 11.1 Å². The van der Waals surface area contributed by atoms with Gasteiger partial charge in [-0.15, -0.1) is 0 Å². The highest BCUT2D eigenvalue weighted by molar-refractivity contribution is 9.10. The van der Waals surface area contributed by atoms with Gasteiger partial charge in [-0.3, -0.25) is 4.90 Å². The van der Waals surface area contributed by atoms with Crippen LogP contribution in [-0.2, 0) is 11.2 Å². The van der Waals surface area contributed by atoms with Gasteiger partial charge in [-0.25, -0.2) is 4.79 Å². The first kappa shape index (κ1) is 21.8. The predicted octanol–water partition coefficient (Wildman–Crippen LogP) is 4.50. The van der Waals surface area contributed by atoms with E-state index >= 15 is 0 Å². The molecule has 0 spiro atoms. The van der Waals surface area contributed by atoms with Gasteiger partial charge in [0.25, 0.3) is 0 Å². The molecule has 1 saturated heterocycles. The molecule has 29 heavy (non-hydrogen) atoms. The maximum atomic E-state index is 11.7. The fourth-order valence-electron chi connectivity index (χ4n) is 3.45. The molecule has 4 nitrogen and oxygen atoms in total. The zero-order valence-electron chi connectivity index (χ0n) is 17.0. The summed E-state index contributed by atoms with van der Waals surface area (Å²) < 4.78 is 6.15. The Balaban J connectivity index is 1.37. The van der Waals surface area contributed by atoms with Crippen LogP contribution in [0.3, 0.4) is 0 Å². The second kappa shape index (κ2) is 11.3. The quantitative estimate of drug-likeness (QED) is 0.547. The fourth-order valence-corrected chi connectivity index (χ4v) is 3.87. The zero-order valence-corrected chi connectivity index (χ0v) is 18.6. The molecule has 0 unspecified atom stereocenters. The lowest BCUT2D eigenvalue weighted by Crippen LogP contribution is -2.46. The standard InChI is InChI=1S/C24H29BrN2O2/c1-2-29-24(28)22-10-8-20(9-11-22)12-14-27-17-15-26(16-18-27)13-4-6-21-5-3-7-23(25)19-21/h3-11,19H,2,12-18H2,1H3. The summed E-state index contributed by atoms with van der Waals surface area (Å²) in [7, 11) is 0. The van der Waals surface area contributed by atoms with Crippen molar-refractivity contribution in [2.24, 2.45) is 0 Å². The number of rotatable bonds is 8. The Bertz CT molecular complexity index is 812. The summed E-state index contributed by atoms with van der Waals surface area (Å²) in [5.74, 6) is -0.246. The molecule has 1 aliphatic rings. The minimum Gasteiger partial charge on any atom is -0.462 e. The fraction of sp³-hybridized carbons (Fsp3) is 0.375. The van der Waals surface area contributed by atoms with Crippen LogP contribution in [-0.4, -0.2) is 61.6 Å². The normalized spacial score (nSPS) is 15.7. The Labute approximate surface area is 182 Å². The molecule has 1 aliphatic heterocycles. The van der Waals surface area contributed by atoms with Gasteiger partial charge >= 0.3 is 5.97 Å². The number of hydrogen-bond acceptors (Lipinski definition) is 4. The number of carbonyl (C=O) groups excluding carboxylic acids is 1. The van der Waals surface area contributed by atoms with E-state index in [0.717, 1.165) is 50.2 Å². The van der Waals surface area contributed by atoms with Gasteiger partial charge in [0.05, 0.1) is 12.2 Å². The molecule has 0 atom stereocenters. The average Bonchev–Trinajstić information content (AvgIpc) is 2.74. The van der Waals surface area contributed by atoms with Gasteiger partial charge in [-0.05, 0) is 48.7 Å². The number of halogens is 1. The molecule has 0 amide bonds. The summed E-state index contributed by atoms with van der Waals surface area (Å²) in [6, 6.07) is 16.2. The molecule has 0 bridgehead atoms. The summed E-state index contributed by atoms with van der Waals surface area (Å²) in [6.07, 6.45) is 5.45. The van der Waals surface area contributed by atoms with Crippen molar-refractivity contribution in [2.45, 2.75) is 13.3 Å². The molecule has 0 N–H and O–H groups in total. The Hall–Kier alpha value is -1.95. The lowest BCUT2D eigenvalue weighted by Gasteiger charge is -2.34. The van der Waals surface area contributed by atoms with Gasteiger partial charge in [-0.1, -0.05) is 52.3 Å². The van der Waals surface area contributed by atoms with E-state index < -0.39 is 0 Å². The van der Waals surface area contributed by atoms with Crippen LogP contribution in [0.2, 0.25) is 0 Å². The first-order valence-corrected chi connectivity index (χ1v) is 11.1. The van der Waals surface area contributed by atoms with Gasteiger partial charge in [0.15, 0.2) is 0 Å². The second-order valence-corrected chi connectivity index (χ2v) is 8.18. The Morgan fingerprint density at radius 3 is 2.48 bits per heavy atom. The summed E-state index contributed by atoms with van der Waals surface area (Å²) in [5.41, 5.74) is 3.12. The van der Waals surface area contributed by atoms with Crippen LogP contribution in [0.4, 0.5) is 0 Å². The number of piperazine rings is 1. The van der Waals surface area contributed by atoms with Crippen LogP contribution >= 0.6 is 15.9 Å². The van der Waals surface area contributed by atoms with Crippen LogP contribution in [0.5, 0.6) is 0 Å². The zero-order chi connectivity index (χ0) is 20.5. The largest absolute Gasteiger partial charge is 0.462 e. The van der Waals surface area contributed by atoms with Crippen LogP contribution in [0.15, 0.2) is 59.1 Å². The third-order valence-corrected chi connectivity index (χ3v) is 5.66. The van der Waals surface area contributed by atoms with Crippen molar-refractivity contribution >= 4 is 28.0 Å². The van der Waals surface area contributed by atoms with Crippen LogP contribution in [0.25, 0.3) is 6.08 Å². The van der Waals surface area contributed by atoms with E-state index in [2.05, 4.69) is 56.1 Å². The molecular weight excluding hydrogens is 428 g/mol. The number of benzene rings is 2. The van der Waals surface area contributed by atoms with Crippen molar-refractivity contribution in [1.29, 1.82) is 0 Å². The molecule has 1 heterocycles. The van der Waals surface area contributed by atoms with Gasteiger partial charge < -0.3 is 9.64 Å². The number of carbonyl (C=O) groups is 1. The molecule has 2 aromatic carbocycles. The Kier molecular flexibility index (Phi) is 8.47. The van der Waals surface area contributed by atoms with E-state index in [4.69, 9.17) is 4.74 Å². The van der Waals surface area contributed by atoms with Gasteiger partial charge in [0.1, 0.15) is 0 Å². The van der Waals surface area contributed by atoms with E-state index in [9.17, 15) is 4.79 Å². The van der Waals surface area contributed by atoms with Crippen LogP contribution in [0.1, 0.15) is 28.4 Å². The lowest BCUT2D eigenvalue weighted by molar-refractivity contribution is 0.0526. The second-order valence-electron chi connectivity index (χ2n) is 7.27. The van der Waals surface area contributed by atoms with E-state index in [0.29, 0.717) is 12.2 Å². The average molecular weight is 457 g/mol. The molecule has 3 rings (SSSR count). The summed E-state index contributed by atoms with van der Waals surface area (Å²) in [6.45, 7) is 8.69. The predicted molar refractivity (Wildman–Crippen MR) is 122 cm³/mol. The summed E-state index contributed by atoms with van der Waals surface area (Å²) in [4.78, 5) is 16.7. The minimum atomic E-state index is -0.246. The minimum absolute atomic E-state index is 0.246. The molecule has 0 aliphatic carbocycles. The molecular formula is C24H29BrN2O2. The van der Waals surface area contributed by atoms with Crippen molar-refractivity contribution in [2.75, 3.05) is 45.9 Å². The van der Waals surface area contributed by atoms with Crippen LogP contribution < -0.4 is 0 Å². The molecule has 5 heteroatoms. The molecule has 0 radical (unpaired) electrons. The van der Waals surface area contributed by atoms with Crippen molar-refractivity contribution < 1.29 is 9.53 Å². The molecule has 0 aromatic heterocycles. The number of hydrogen-bond donors (Lipinski definition) is 0. The Morgan fingerprint density at radius 2 is 1.79 bits per heavy atom. The summed E-state index contributed by atoms with van der Waals surface area (Å²) >= 11 is 3.51. The van der Waals surface area contributed by atoms with Crippen LogP contribution in [0, 0.1) is 0 Å². The summed E-state index contributed by atoms with van der Waals surface area (Å²) in [5, 5.41) is 0. The third-order valence-electron chi connectivity index (χ3n) is 5.17. The highest BCUT2D eigenvalue weighted by atomic mass is 79.9. The van der Waals surface area contributed by atoms with Gasteiger partial charge in [0.2, 0.25) is 0 Å². The molecule has 1 fully saturated rings. The monoisotopic (exact) mass is 456 g/mol. The maximum absolute atomic E-state index is 11.7. The van der Waals surface area contributed by atoms with Crippen molar-refractivity contribution in [3.05, 3.63) is 75.8 Å². The van der Waals surface area contributed by atoms with E-state index in [-0.39, 0.29) is 5.97 Å². The highest BCUT2D eigenvalue weighted by Crippen LogP contribution is 2.13. The van der Waals surface area contributed by atoms with Crippen molar-refractivity contribution in [1.82, 2.24) is 9.80 Å². The van der Waals surface area contributed by atoms with Gasteiger partial charge in [-0.2, -0.15) is 0 Å². The highest BCUT2D eigenvalue weighted by Gasteiger charge is 2.15. The first-order valence-electron chi connectivity index (χ1n) is 10.3. The lowest BCUT2D eigenvalue weighted by atomic mass is 10.1. The first-order chi connectivity index (χ1) is 14.1. The van der Waals surface area contributed by atoms with Crippen molar-refractivity contribution in [3.8, 4) is 0 Å². The Morgan fingerprint density at radius 1 is 1.07 bits per heavy atom. The number of ether oxygens (including phenoxy) is 1. The maximum Gasteiger partial charge on any atom is 0.338 e. The third kappa shape index (κ3) is 7.11. The number of esters is 1. The molecule has 154 valence electrons. The van der Waals surface area contributed by atoms with E-state index in [1.54, 1.807) is 0 Å². The number of nitrogens with zero attached hydrogens (tertiary/aromatic N) is 2. The topological polar surface area (TPSA) is 32.8 Å². The van der Waals surface area contributed by atoms with E-state index in [1.807, 2.05) is 37.3 Å². The smallest absolute Gasteiger partial charge is 0.338 e. The molecule has 2 aromatic rings. The van der Waals surface area contributed by atoms with Crippen molar-refractivity contribution in [3.63, 3.8) is 0 Å². The van der Waals surface area contributed by atoms with Gasteiger partial charge in [0, 0.05) is 43.7 Å². The SMILES string of the molecule is CCOC(=O)c1ccc(CCN2CCN(CC=Cc3cccc(Br)c3)CC2)cc1. The molecule has 0 saturated carbocycles.